The minimum absolute atomic E-state index is 0.0146. The minimum Gasteiger partial charge on any atom is -0.434 e. The Kier molecular flexibility index (Phi) is 5.94. The normalized spacial score (nSPS) is 20.9. The summed E-state index contributed by atoms with van der Waals surface area (Å²) in [5.41, 5.74) is 0.777. The van der Waals surface area contributed by atoms with E-state index in [2.05, 4.69) is 21.9 Å². The van der Waals surface area contributed by atoms with Crippen molar-refractivity contribution in [3.8, 4) is 5.75 Å². The van der Waals surface area contributed by atoms with Crippen molar-refractivity contribution in [3.63, 3.8) is 0 Å². The number of likely N-dealkylation sites (N-methyl/N-ethyl adjacent to an activating group) is 1. The molecule has 0 saturated carbocycles. The molecule has 0 bridgehead atoms. The van der Waals surface area contributed by atoms with E-state index in [-0.39, 0.29) is 11.8 Å². The Hall–Kier alpha value is -1.20. The summed E-state index contributed by atoms with van der Waals surface area (Å²) < 4.78 is 29.5. The standard InChI is InChI=1S/C16H24F2N2O/c1-3-20-10-6-7-13(20)11-19-12(2)14-8-4-5-9-15(14)21-16(17)18/h4-5,8-9,12-13,16,19H,3,6-7,10-11H2,1-2H3. The Balaban J connectivity index is 1.95. The molecule has 3 nitrogen and oxygen atoms in total. The van der Waals surface area contributed by atoms with Crippen molar-refractivity contribution in [3.05, 3.63) is 29.8 Å². The highest BCUT2D eigenvalue weighted by atomic mass is 19.3. The average molecular weight is 298 g/mol. The van der Waals surface area contributed by atoms with Gasteiger partial charge in [0, 0.05) is 24.2 Å². The molecule has 0 amide bonds. The summed E-state index contributed by atoms with van der Waals surface area (Å²) in [7, 11) is 0. The van der Waals surface area contributed by atoms with Crippen LogP contribution in [0.2, 0.25) is 0 Å². The summed E-state index contributed by atoms with van der Waals surface area (Å²) >= 11 is 0. The van der Waals surface area contributed by atoms with Crippen LogP contribution in [0.15, 0.2) is 24.3 Å². The fourth-order valence-electron chi connectivity index (χ4n) is 3.01. The van der Waals surface area contributed by atoms with Gasteiger partial charge in [0.25, 0.3) is 0 Å². The highest BCUT2D eigenvalue weighted by Crippen LogP contribution is 2.26. The number of halogens is 2. The fourth-order valence-corrected chi connectivity index (χ4v) is 3.01. The van der Waals surface area contributed by atoms with Crippen LogP contribution < -0.4 is 10.1 Å². The van der Waals surface area contributed by atoms with Gasteiger partial charge in [-0.05, 0) is 38.9 Å². The van der Waals surface area contributed by atoms with E-state index in [9.17, 15) is 8.78 Å². The maximum Gasteiger partial charge on any atom is 0.387 e. The number of para-hydroxylation sites is 1. The van der Waals surface area contributed by atoms with Crippen LogP contribution >= 0.6 is 0 Å². The van der Waals surface area contributed by atoms with E-state index in [4.69, 9.17) is 0 Å². The second-order valence-electron chi connectivity index (χ2n) is 5.47. The van der Waals surface area contributed by atoms with Crippen molar-refractivity contribution in [1.29, 1.82) is 0 Å². The van der Waals surface area contributed by atoms with E-state index in [1.807, 2.05) is 19.1 Å². The molecule has 1 aromatic carbocycles. The first-order valence-corrected chi connectivity index (χ1v) is 7.63. The van der Waals surface area contributed by atoms with Crippen LogP contribution in [0.25, 0.3) is 0 Å². The van der Waals surface area contributed by atoms with Crippen LogP contribution in [0.5, 0.6) is 5.75 Å². The predicted molar refractivity (Wildman–Crippen MR) is 79.8 cm³/mol. The summed E-state index contributed by atoms with van der Waals surface area (Å²) in [6.07, 6.45) is 2.43. The van der Waals surface area contributed by atoms with E-state index in [0.717, 1.165) is 25.2 Å². The Morgan fingerprint density at radius 1 is 1.38 bits per heavy atom. The average Bonchev–Trinajstić information content (AvgIpc) is 2.92. The third-order valence-electron chi connectivity index (χ3n) is 4.17. The van der Waals surface area contributed by atoms with Gasteiger partial charge in [0.05, 0.1) is 0 Å². The lowest BCUT2D eigenvalue weighted by Gasteiger charge is -2.25. The van der Waals surface area contributed by atoms with Crippen LogP contribution in [0.4, 0.5) is 8.78 Å². The van der Waals surface area contributed by atoms with Gasteiger partial charge in [-0.25, -0.2) is 0 Å². The topological polar surface area (TPSA) is 24.5 Å². The van der Waals surface area contributed by atoms with Gasteiger partial charge in [-0.3, -0.25) is 4.90 Å². The molecule has 0 aromatic heterocycles. The van der Waals surface area contributed by atoms with Crippen LogP contribution in [0.1, 0.15) is 38.3 Å². The monoisotopic (exact) mass is 298 g/mol. The van der Waals surface area contributed by atoms with Gasteiger partial charge >= 0.3 is 6.61 Å². The molecule has 0 radical (unpaired) electrons. The lowest BCUT2D eigenvalue weighted by molar-refractivity contribution is -0.0506. The number of nitrogens with zero attached hydrogens (tertiary/aromatic N) is 1. The first kappa shape index (κ1) is 16.2. The molecule has 21 heavy (non-hydrogen) atoms. The Morgan fingerprint density at radius 3 is 2.86 bits per heavy atom. The summed E-state index contributed by atoms with van der Waals surface area (Å²) in [6.45, 7) is 4.46. The first-order valence-electron chi connectivity index (χ1n) is 7.63. The van der Waals surface area contributed by atoms with Gasteiger partial charge < -0.3 is 10.1 Å². The van der Waals surface area contributed by atoms with Crippen molar-refractivity contribution in [2.45, 2.75) is 45.4 Å². The number of ether oxygens (including phenoxy) is 1. The molecule has 1 aliphatic rings. The molecule has 1 fully saturated rings. The van der Waals surface area contributed by atoms with Crippen molar-refractivity contribution in [1.82, 2.24) is 10.2 Å². The Morgan fingerprint density at radius 2 is 2.14 bits per heavy atom. The van der Waals surface area contributed by atoms with E-state index < -0.39 is 6.61 Å². The van der Waals surface area contributed by atoms with Gasteiger partial charge in [0.15, 0.2) is 0 Å². The highest BCUT2D eigenvalue weighted by Gasteiger charge is 2.23. The molecule has 5 heteroatoms. The second-order valence-corrected chi connectivity index (χ2v) is 5.47. The zero-order chi connectivity index (χ0) is 15.2. The van der Waals surface area contributed by atoms with Gasteiger partial charge in [-0.15, -0.1) is 0 Å². The summed E-state index contributed by atoms with van der Waals surface area (Å²) in [4.78, 5) is 2.46. The quantitative estimate of drug-likeness (QED) is 0.835. The number of hydrogen-bond donors (Lipinski definition) is 1. The summed E-state index contributed by atoms with van der Waals surface area (Å²) in [5, 5.41) is 3.45. The number of rotatable bonds is 7. The smallest absolute Gasteiger partial charge is 0.387 e. The van der Waals surface area contributed by atoms with Crippen molar-refractivity contribution < 1.29 is 13.5 Å². The van der Waals surface area contributed by atoms with Crippen molar-refractivity contribution in [2.75, 3.05) is 19.6 Å². The zero-order valence-corrected chi connectivity index (χ0v) is 12.7. The molecule has 1 saturated heterocycles. The van der Waals surface area contributed by atoms with Crippen molar-refractivity contribution >= 4 is 0 Å². The largest absolute Gasteiger partial charge is 0.434 e. The van der Waals surface area contributed by atoms with Crippen molar-refractivity contribution in [2.24, 2.45) is 0 Å². The first-order chi connectivity index (χ1) is 10.1. The minimum atomic E-state index is -2.79. The molecule has 2 atom stereocenters. The van der Waals surface area contributed by atoms with E-state index in [1.165, 1.54) is 12.8 Å². The SMILES string of the molecule is CCN1CCCC1CNC(C)c1ccccc1OC(F)F. The van der Waals surface area contributed by atoms with Crippen LogP contribution in [-0.4, -0.2) is 37.2 Å². The Labute approximate surface area is 125 Å². The van der Waals surface area contributed by atoms with Crippen LogP contribution in [-0.2, 0) is 0 Å². The molecule has 1 aliphatic heterocycles. The summed E-state index contributed by atoms with van der Waals surface area (Å²) in [6, 6.07) is 7.51. The van der Waals surface area contributed by atoms with Gasteiger partial charge in [-0.1, -0.05) is 25.1 Å². The molecule has 0 aliphatic carbocycles. The molecule has 1 heterocycles. The lowest BCUT2D eigenvalue weighted by atomic mass is 10.1. The van der Waals surface area contributed by atoms with Gasteiger partial charge in [0.2, 0.25) is 0 Å². The third-order valence-corrected chi connectivity index (χ3v) is 4.17. The molecule has 118 valence electrons. The molecule has 2 rings (SSSR count). The number of alkyl halides is 2. The third kappa shape index (κ3) is 4.38. The number of likely N-dealkylation sites (tertiary alicyclic amines) is 1. The molecule has 1 N–H and O–H groups in total. The number of benzene rings is 1. The highest BCUT2D eigenvalue weighted by molar-refractivity contribution is 5.35. The van der Waals surface area contributed by atoms with Crippen LogP contribution in [0, 0.1) is 0 Å². The molecule has 1 aromatic rings. The van der Waals surface area contributed by atoms with E-state index in [0.29, 0.717) is 6.04 Å². The molecule has 2 unspecified atom stereocenters. The molecular formula is C16H24F2N2O. The Bertz CT molecular complexity index is 442. The maximum absolute atomic E-state index is 12.4. The van der Waals surface area contributed by atoms with E-state index in [1.54, 1.807) is 12.1 Å². The van der Waals surface area contributed by atoms with Gasteiger partial charge in [0.1, 0.15) is 5.75 Å². The van der Waals surface area contributed by atoms with E-state index >= 15 is 0 Å². The molecule has 0 spiro atoms. The number of nitrogens with one attached hydrogen (secondary N) is 1. The second kappa shape index (κ2) is 7.71. The molecular weight excluding hydrogens is 274 g/mol. The summed E-state index contributed by atoms with van der Waals surface area (Å²) in [5.74, 6) is 0.256. The zero-order valence-electron chi connectivity index (χ0n) is 12.7. The van der Waals surface area contributed by atoms with Gasteiger partial charge in [-0.2, -0.15) is 8.78 Å². The van der Waals surface area contributed by atoms with Crippen LogP contribution in [0.3, 0.4) is 0 Å². The lowest BCUT2D eigenvalue weighted by Crippen LogP contribution is -2.38. The predicted octanol–water partition coefficient (Wildman–Crippen LogP) is 3.42. The maximum atomic E-state index is 12.4. The fraction of sp³-hybridized carbons (Fsp3) is 0.625. The number of hydrogen-bond acceptors (Lipinski definition) is 3.